The molecule has 4 nitrogen and oxygen atoms in total. The van der Waals surface area contributed by atoms with E-state index in [9.17, 15) is 18.0 Å². The van der Waals surface area contributed by atoms with E-state index < -0.39 is 11.9 Å². The van der Waals surface area contributed by atoms with Gasteiger partial charge in [-0.3, -0.25) is 4.79 Å². The molecule has 0 bridgehead atoms. The number of hydrogen-bond donors (Lipinski definition) is 0. The number of anilines is 1. The predicted octanol–water partition coefficient (Wildman–Crippen LogP) is 3.96. The monoisotopic (exact) mass is 367 g/mol. The zero-order valence-corrected chi connectivity index (χ0v) is 14.3. The van der Waals surface area contributed by atoms with Gasteiger partial charge in [-0.1, -0.05) is 30.0 Å². The van der Waals surface area contributed by atoms with Crippen molar-refractivity contribution >= 4 is 23.4 Å². The van der Waals surface area contributed by atoms with E-state index in [1.54, 1.807) is 4.90 Å². The average Bonchev–Trinajstić information content (AvgIpc) is 2.59. The van der Waals surface area contributed by atoms with Gasteiger partial charge in [-0.2, -0.15) is 13.2 Å². The van der Waals surface area contributed by atoms with Crippen molar-refractivity contribution in [1.82, 2.24) is 9.97 Å². The lowest BCUT2D eigenvalue weighted by Gasteiger charge is -2.35. The van der Waals surface area contributed by atoms with Crippen LogP contribution in [0.2, 0.25) is 0 Å². The van der Waals surface area contributed by atoms with Crippen LogP contribution in [0.4, 0.5) is 18.9 Å². The summed E-state index contributed by atoms with van der Waals surface area (Å²) < 4.78 is 38.1. The highest BCUT2D eigenvalue weighted by atomic mass is 32.2. The van der Waals surface area contributed by atoms with Crippen LogP contribution in [-0.4, -0.2) is 27.7 Å². The number of fused-ring (bicyclic) bond motifs is 1. The number of amides is 1. The van der Waals surface area contributed by atoms with E-state index in [0.29, 0.717) is 0 Å². The fourth-order valence-corrected chi connectivity index (χ4v) is 3.52. The smallest absolute Gasteiger partial charge is 0.309 e. The minimum atomic E-state index is -4.53. The van der Waals surface area contributed by atoms with Gasteiger partial charge in [0.05, 0.1) is 5.75 Å². The molecule has 2 heterocycles. The normalized spacial score (nSPS) is 17.3. The van der Waals surface area contributed by atoms with Crippen LogP contribution < -0.4 is 4.90 Å². The van der Waals surface area contributed by atoms with Crippen molar-refractivity contribution in [3.63, 3.8) is 0 Å². The van der Waals surface area contributed by atoms with Crippen LogP contribution in [0.3, 0.4) is 0 Å². The molecule has 0 aliphatic carbocycles. The largest absolute Gasteiger partial charge is 0.433 e. The number of rotatable bonds is 3. The number of carbonyl (C=O) groups is 1. The third-order valence-corrected chi connectivity index (χ3v) is 4.89. The Morgan fingerprint density at radius 2 is 2.08 bits per heavy atom. The first-order valence-electron chi connectivity index (χ1n) is 7.79. The quantitative estimate of drug-likeness (QED) is 0.609. The Morgan fingerprint density at radius 1 is 1.32 bits per heavy atom. The molecule has 25 heavy (non-hydrogen) atoms. The molecule has 2 aromatic rings. The van der Waals surface area contributed by atoms with Crippen LogP contribution in [0.25, 0.3) is 0 Å². The molecule has 1 amide bonds. The third-order valence-electron chi connectivity index (χ3n) is 4.04. The maximum Gasteiger partial charge on any atom is 0.433 e. The van der Waals surface area contributed by atoms with Crippen LogP contribution in [0.1, 0.15) is 24.6 Å². The van der Waals surface area contributed by atoms with Gasteiger partial charge < -0.3 is 4.90 Å². The fourth-order valence-electron chi connectivity index (χ4n) is 2.83. The summed E-state index contributed by atoms with van der Waals surface area (Å²) in [6.07, 6.45) is -1.71. The van der Waals surface area contributed by atoms with Crippen molar-refractivity contribution in [2.24, 2.45) is 0 Å². The zero-order chi connectivity index (χ0) is 18.0. The van der Waals surface area contributed by atoms with Crippen molar-refractivity contribution < 1.29 is 18.0 Å². The molecule has 1 aliphatic heterocycles. The Labute approximate surface area is 147 Å². The third kappa shape index (κ3) is 3.95. The topological polar surface area (TPSA) is 46.1 Å². The number of para-hydroxylation sites is 1. The Bertz CT molecular complexity index is 782. The number of alkyl halides is 3. The number of carbonyl (C=O) groups excluding carboxylic acids is 1. The van der Waals surface area contributed by atoms with Gasteiger partial charge in [-0.15, -0.1) is 0 Å². The highest BCUT2D eigenvalue weighted by Crippen LogP contribution is 2.32. The first-order valence-corrected chi connectivity index (χ1v) is 8.78. The standard InChI is InChI=1S/C17H16F3N3OS/c1-11-6-7-12-4-2-3-5-13(12)23(11)15(24)10-25-16-21-9-8-14(22-16)17(18,19)20/h2-5,8-9,11H,6-7,10H2,1H3/t11-/m1/s1. The molecule has 0 N–H and O–H groups in total. The Hall–Kier alpha value is -2.09. The van der Waals surface area contributed by atoms with E-state index in [2.05, 4.69) is 9.97 Å². The van der Waals surface area contributed by atoms with Gasteiger partial charge in [0, 0.05) is 17.9 Å². The number of halogens is 3. The second kappa shape index (κ2) is 7.03. The summed E-state index contributed by atoms with van der Waals surface area (Å²) in [6, 6.07) is 8.56. The van der Waals surface area contributed by atoms with Crippen molar-refractivity contribution in [2.75, 3.05) is 10.7 Å². The molecule has 132 valence electrons. The molecule has 1 aromatic carbocycles. The fraction of sp³-hybridized carbons (Fsp3) is 0.353. The molecule has 0 fully saturated rings. The Morgan fingerprint density at radius 3 is 2.84 bits per heavy atom. The molecule has 0 saturated heterocycles. The first-order chi connectivity index (χ1) is 11.9. The lowest BCUT2D eigenvalue weighted by molar-refractivity contribution is -0.141. The molecular weight excluding hydrogens is 351 g/mol. The molecule has 0 saturated carbocycles. The number of thioether (sulfide) groups is 1. The van der Waals surface area contributed by atoms with E-state index in [1.807, 2.05) is 31.2 Å². The van der Waals surface area contributed by atoms with Gasteiger partial charge >= 0.3 is 6.18 Å². The molecule has 1 aromatic heterocycles. The highest BCUT2D eigenvalue weighted by Gasteiger charge is 2.33. The lowest BCUT2D eigenvalue weighted by Crippen LogP contribution is -2.43. The van der Waals surface area contributed by atoms with Gasteiger partial charge in [0.2, 0.25) is 5.91 Å². The average molecular weight is 367 g/mol. The van der Waals surface area contributed by atoms with E-state index in [-0.39, 0.29) is 22.9 Å². The summed E-state index contributed by atoms with van der Waals surface area (Å²) in [5, 5.41) is -0.0545. The van der Waals surface area contributed by atoms with E-state index in [1.165, 1.54) is 0 Å². The van der Waals surface area contributed by atoms with Crippen LogP contribution >= 0.6 is 11.8 Å². The molecule has 3 rings (SSSR count). The minimum absolute atomic E-state index is 0.0139. The SMILES string of the molecule is C[C@@H]1CCc2ccccc2N1C(=O)CSc1nccc(C(F)(F)F)n1. The zero-order valence-electron chi connectivity index (χ0n) is 13.5. The van der Waals surface area contributed by atoms with E-state index in [0.717, 1.165) is 48.1 Å². The van der Waals surface area contributed by atoms with Crippen LogP contribution in [0.15, 0.2) is 41.7 Å². The minimum Gasteiger partial charge on any atom is -0.309 e. The van der Waals surface area contributed by atoms with Crippen LogP contribution in [0.5, 0.6) is 0 Å². The molecular formula is C17H16F3N3OS. The number of aromatic nitrogens is 2. The summed E-state index contributed by atoms with van der Waals surface area (Å²) in [5.41, 5.74) is 0.972. The molecule has 0 spiro atoms. The Balaban J connectivity index is 1.73. The van der Waals surface area contributed by atoms with E-state index >= 15 is 0 Å². The van der Waals surface area contributed by atoms with Gasteiger partial charge in [0.1, 0.15) is 5.69 Å². The number of hydrogen-bond acceptors (Lipinski definition) is 4. The maximum absolute atomic E-state index is 12.7. The van der Waals surface area contributed by atoms with Crippen molar-refractivity contribution in [2.45, 2.75) is 37.1 Å². The molecule has 0 unspecified atom stereocenters. The van der Waals surface area contributed by atoms with Crippen molar-refractivity contribution in [3.05, 3.63) is 47.8 Å². The van der Waals surface area contributed by atoms with Gasteiger partial charge in [-0.05, 0) is 37.5 Å². The summed E-state index contributed by atoms with van der Waals surface area (Å²) in [6.45, 7) is 1.97. The summed E-state index contributed by atoms with van der Waals surface area (Å²) >= 11 is 0.916. The van der Waals surface area contributed by atoms with Gasteiger partial charge in [-0.25, -0.2) is 9.97 Å². The number of nitrogens with zero attached hydrogens (tertiary/aromatic N) is 3. The van der Waals surface area contributed by atoms with Crippen LogP contribution in [0, 0.1) is 0 Å². The van der Waals surface area contributed by atoms with Crippen LogP contribution in [-0.2, 0) is 17.4 Å². The summed E-state index contributed by atoms with van der Waals surface area (Å²) in [7, 11) is 0. The molecule has 1 atom stereocenters. The Kier molecular flexibility index (Phi) is 4.99. The second-order valence-electron chi connectivity index (χ2n) is 5.79. The van der Waals surface area contributed by atoms with Crippen molar-refractivity contribution in [3.8, 4) is 0 Å². The first kappa shape index (κ1) is 17.7. The molecule has 1 aliphatic rings. The summed E-state index contributed by atoms with van der Waals surface area (Å²) in [4.78, 5) is 21.7. The number of benzene rings is 1. The highest BCUT2D eigenvalue weighted by molar-refractivity contribution is 7.99. The molecule has 0 radical (unpaired) electrons. The summed E-state index contributed by atoms with van der Waals surface area (Å²) in [5.74, 6) is -0.175. The van der Waals surface area contributed by atoms with Crippen molar-refractivity contribution in [1.29, 1.82) is 0 Å². The van der Waals surface area contributed by atoms with E-state index in [4.69, 9.17) is 0 Å². The second-order valence-corrected chi connectivity index (χ2v) is 6.73. The lowest BCUT2D eigenvalue weighted by atomic mass is 9.97. The maximum atomic E-state index is 12.7. The molecule has 8 heteroatoms. The van der Waals surface area contributed by atoms with Gasteiger partial charge in [0.15, 0.2) is 5.16 Å². The number of aryl methyl sites for hydroxylation is 1. The van der Waals surface area contributed by atoms with Gasteiger partial charge in [0.25, 0.3) is 0 Å². The predicted molar refractivity (Wildman–Crippen MR) is 89.5 cm³/mol.